The average molecular weight is 1790 g/mol. The van der Waals surface area contributed by atoms with Crippen molar-refractivity contribution >= 4 is 64.8 Å². The second-order valence-electron chi connectivity index (χ2n) is 31.5. The number of rotatable bonds is 58. The van der Waals surface area contributed by atoms with E-state index in [-0.39, 0.29) is 155 Å². The van der Waals surface area contributed by atoms with Gasteiger partial charge in [0.1, 0.15) is 121 Å². The Morgan fingerprint density at radius 3 is 1.05 bits per heavy atom. The van der Waals surface area contributed by atoms with Crippen molar-refractivity contribution in [3.8, 4) is 0 Å². The Balaban J connectivity index is 0.914. The van der Waals surface area contributed by atoms with Crippen molar-refractivity contribution in [3.05, 3.63) is 0 Å². The molecule has 22 N–H and O–H groups in total. The first-order valence-electron chi connectivity index (χ1n) is 42.4. The summed E-state index contributed by atoms with van der Waals surface area (Å²) in [5.74, 6) is -5.44. The number of aliphatic hydroxyl groups excluding tert-OH is 16. The van der Waals surface area contributed by atoms with Crippen molar-refractivity contribution in [1.82, 2.24) is 46.8 Å². The molecule has 0 unspecified atom stereocenters. The molecule has 0 aromatic rings. The lowest BCUT2D eigenvalue weighted by Gasteiger charge is -2.46. The highest BCUT2D eigenvalue weighted by atomic mass is 16.8. The van der Waals surface area contributed by atoms with E-state index in [2.05, 4.69) is 31.9 Å². The lowest BCUT2D eigenvalue weighted by atomic mass is 9.96. The highest BCUT2D eigenvalue weighted by molar-refractivity contribution is 6.01. The van der Waals surface area contributed by atoms with E-state index in [9.17, 15) is 134 Å². The first-order chi connectivity index (χ1) is 59.1. The number of hydrogen-bond acceptors (Lipinski definition) is 40. The molecule has 0 saturated carbocycles. The van der Waals surface area contributed by atoms with Gasteiger partial charge in [0.2, 0.25) is 35.4 Å². The molecule has 6 aliphatic rings. The Labute approximate surface area is 716 Å². The van der Waals surface area contributed by atoms with Gasteiger partial charge in [-0.15, -0.1) is 5.06 Å². The van der Waals surface area contributed by atoms with Gasteiger partial charge in [-0.05, 0) is 84.5 Å². The van der Waals surface area contributed by atoms with Gasteiger partial charge in [-0.2, -0.15) is 0 Å². The molecule has 6 heterocycles. The van der Waals surface area contributed by atoms with Crippen molar-refractivity contribution in [2.45, 2.75) is 302 Å². The first kappa shape index (κ1) is 106. The number of nitrogens with one attached hydrogen (secondary N) is 6. The van der Waals surface area contributed by atoms with Crippen LogP contribution in [0, 0.1) is 0 Å². The molecule has 6 aliphatic heterocycles. The van der Waals surface area contributed by atoms with Crippen molar-refractivity contribution < 1.29 is 187 Å². The molecule has 6 saturated heterocycles. The molecule has 6 fully saturated rings. The summed E-state index contributed by atoms with van der Waals surface area (Å²) < 4.78 is 55.5. The molecule has 47 heteroatoms. The van der Waals surface area contributed by atoms with Gasteiger partial charge in [-0.25, -0.2) is 4.79 Å². The third-order valence-corrected chi connectivity index (χ3v) is 21.3. The van der Waals surface area contributed by atoms with Crippen LogP contribution in [0.4, 0.5) is 0 Å². The topological polar surface area (TPSA) is 695 Å². The maximum atomic E-state index is 13.4. The molecule has 124 heavy (non-hydrogen) atoms. The minimum Gasteiger partial charge on any atom is -0.394 e. The fourth-order valence-corrected chi connectivity index (χ4v) is 14.0. The van der Waals surface area contributed by atoms with Crippen LogP contribution in [0.1, 0.15) is 149 Å². The Hall–Kier alpha value is -6.35. The van der Waals surface area contributed by atoms with Gasteiger partial charge in [0.05, 0.1) is 91.1 Å². The van der Waals surface area contributed by atoms with Gasteiger partial charge in [0.15, 0.2) is 31.5 Å². The summed E-state index contributed by atoms with van der Waals surface area (Å²) in [7, 11) is 0. The zero-order valence-electron chi connectivity index (χ0n) is 70.0. The Morgan fingerprint density at radius 1 is 0.339 bits per heavy atom. The number of Topliss-reactive ketones (excluding diaryl/α,β-unsaturated/α-hetero) is 2. The molecule has 712 valence electrons. The molecule has 0 bridgehead atoms. The molecule has 0 aliphatic carbocycles. The van der Waals surface area contributed by atoms with Gasteiger partial charge in [0, 0.05) is 84.2 Å². The smallest absolute Gasteiger partial charge is 0.333 e. The van der Waals surface area contributed by atoms with Crippen LogP contribution in [0.25, 0.3) is 0 Å². The summed E-state index contributed by atoms with van der Waals surface area (Å²) in [6, 6.07) is 0. The van der Waals surface area contributed by atoms with Crippen LogP contribution in [-0.2, 0) is 105 Å². The van der Waals surface area contributed by atoms with E-state index in [1.54, 1.807) is 0 Å². The van der Waals surface area contributed by atoms with Gasteiger partial charge in [-0.1, -0.05) is 19.3 Å². The molecule has 0 aromatic heterocycles. The Bertz CT molecular complexity index is 3250. The molecular formula is C77H131N9O38. The van der Waals surface area contributed by atoms with E-state index in [1.807, 2.05) is 0 Å². The minimum absolute atomic E-state index is 0.0151. The molecule has 6 rings (SSSR count). The predicted molar refractivity (Wildman–Crippen MR) is 417 cm³/mol. The number of hydroxylamine groups is 2. The predicted octanol–water partition coefficient (Wildman–Crippen LogP) is -10.4. The lowest BCUT2D eigenvalue weighted by molar-refractivity contribution is -0.366. The van der Waals surface area contributed by atoms with Crippen LogP contribution in [0.5, 0.6) is 0 Å². The van der Waals surface area contributed by atoms with E-state index in [0.717, 1.165) is 0 Å². The third kappa shape index (κ3) is 35.9. The third-order valence-electron chi connectivity index (χ3n) is 21.3. The molecule has 0 radical (unpaired) electrons. The number of carbonyl (C=O) groups excluding carboxylic acids is 11. The van der Waals surface area contributed by atoms with E-state index in [0.29, 0.717) is 88.5 Å². The van der Waals surface area contributed by atoms with Crippen LogP contribution in [0.3, 0.4) is 0 Å². The standard InChI is InChI=1S/C77H131N9O38/c1-42-58(100)63(105)67(109)73(118-42)114-30-15-19-44(89)17-7-3-11-25-79-51(93)36-85(38-54(96)83-29-32-116-74-68(110)64(106)59(101)43(2)119-74)37-53(95)82-28-14-6-13-27-81-52(94)35-84(34-50(92)80-26-12-5-9-21-57(99)124-86-55(97)22-23-56(86)98)33-49(91)78-24-10-4-8-18-45(90)20-16-31-115-76-71(113)72(123-77-70(112)66(108)61(103)47(40-88)121-77)62(104)48(122-76)41-117-75-69(111)65(107)60(102)46(39-87)120-75/h42-43,46-48,58-77,87-88,100-113H,3-41H2,1-2H3,(H,78,91)(H,79,93)(H,80,92)(H,81,94)(H,82,95)(H,83,96)/t42-,43-,46+,47+,48+,58+,59+,60+,61+,62+,63+,64+,65-,66-,67-,68-,69-,70-,71-,72-,73+,74+,75-,76-,77+/m0/s1. The fourth-order valence-electron chi connectivity index (χ4n) is 14.0. The number of amides is 8. The largest absolute Gasteiger partial charge is 0.394 e. The number of imide groups is 1. The zero-order valence-corrected chi connectivity index (χ0v) is 70.0. The van der Waals surface area contributed by atoms with Crippen LogP contribution >= 0.6 is 0 Å². The molecule has 25 atom stereocenters. The van der Waals surface area contributed by atoms with Crippen molar-refractivity contribution in [1.29, 1.82) is 0 Å². The Morgan fingerprint density at radius 2 is 0.653 bits per heavy atom. The molecule has 0 aromatic carbocycles. The minimum atomic E-state index is -1.97. The summed E-state index contributed by atoms with van der Waals surface area (Å²) in [6.07, 6.45) is -32.7. The van der Waals surface area contributed by atoms with E-state index >= 15 is 0 Å². The first-order valence-corrected chi connectivity index (χ1v) is 42.4. The van der Waals surface area contributed by atoms with Gasteiger partial charge in [0.25, 0.3) is 11.8 Å². The number of nitrogens with zero attached hydrogens (tertiary/aromatic N) is 3. The molecule has 47 nitrogen and oxygen atoms in total. The van der Waals surface area contributed by atoms with Crippen molar-refractivity contribution in [2.24, 2.45) is 0 Å². The quantitative estimate of drug-likeness (QED) is 0.0199. The summed E-state index contributed by atoms with van der Waals surface area (Å²) >= 11 is 0. The highest BCUT2D eigenvalue weighted by Gasteiger charge is 2.53. The Kier molecular flexibility index (Phi) is 48.2. The second kappa shape index (κ2) is 56.2. The highest BCUT2D eigenvalue weighted by Crippen LogP contribution is 2.32. The van der Waals surface area contributed by atoms with E-state index in [1.165, 1.54) is 23.6 Å². The molecular weight excluding hydrogens is 1660 g/mol. The van der Waals surface area contributed by atoms with E-state index in [4.69, 9.17) is 52.2 Å². The lowest BCUT2D eigenvalue weighted by Crippen LogP contribution is -2.65. The van der Waals surface area contributed by atoms with E-state index < -0.39 is 233 Å². The summed E-state index contributed by atoms with van der Waals surface area (Å²) in [4.78, 5) is 149. The fraction of sp³-hybridized carbons (Fsp3) is 0.857. The maximum absolute atomic E-state index is 13.4. The summed E-state index contributed by atoms with van der Waals surface area (Å²) in [5, 5.41) is 182. The summed E-state index contributed by atoms with van der Waals surface area (Å²) in [6.45, 7) is -1.27. The van der Waals surface area contributed by atoms with Crippen LogP contribution < -0.4 is 31.9 Å². The zero-order chi connectivity index (χ0) is 91.1. The van der Waals surface area contributed by atoms with Crippen LogP contribution in [-0.4, -0.2) is 433 Å². The molecule has 0 spiro atoms. The number of hydrogen-bond donors (Lipinski definition) is 22. The van der Waals surface area contributed by atoms with Crippen molar-refractivity contribution in [2.75, 3.05) is 118 Å². The number of unbranched alkanes of at least 4 members (excludes halogenated alkanes) is 8. The number of aliphatic hydroxyl groups is 16. The van der Waals surface area contributed by atoms with Gasteiger partial charge in [-0.3, -0.25) is 57.7 Å². The number of ether oxygens (including phenoxy) is 10. The van der Waals surface area contributed by atoms with Gasteiger partial charge < -0.3 is 166 Å². The normalized spacial score (nSPS) is 30.9. The van der Waals surface area contributed by atoms with Crippen LogP contribution in [0.2, 0.25) is 0 Å². The summed E-state index contributed by atoms with van der Waals surface area (Å²) in [5.41, 5.74) is 0. The monoisotopic (exact) mass is 1790 g/mol. The number of carbonyl (C=O) groups is 11. The SMILES string of the molecule is C[C@@H]1O[C@@H](OCCCC(=O)CCCCCNC(=O)CN(CC(=O)NCCCCCNC(=O)CN(CC(=O)NCCCCCC(=O)CCCO[C@H]2O[C@H](CO[C@H]3O[C@H](CO)[C@@H](O)[C@H](O)[C@@H]3O)[C@@H](O)[C@H](O[C@H]3O[C@H](CO)[C@@H](O)[C@H](O)[C@@H]3O)[C@@H]2O)CC(=O)NCCCCCC(=O)ON2C(=O)CCC2=O)CC(=O)NCCO[C@@H]2O[C@@H](C)[C@@H](O)[C@@H](O)[C@@H]2O)[C@@H](O)[C@H](O)[C@@H]1O. The van der Waals surface area contributed by atoms with Gasteiger partial charge >= 0.3 is 5.97 Å². The average Bonchev–Trinajstić information content (AvgIpc) is 1.00. The molecule has 8 amide bonds. The maximum Gasteiger partial charge on any atom is 0.333 e. The van der Waals surface area contributed by atoms with Crippen molar-refractivity contribution in [3.63, 3.8) is 0 Å². The number of ketones is 2. The van der Waals surface area contributed by atoms with Crippen LogP contribution in [0.15, 0.2) is 0 Å². The second-order valence-corrected chi connectivity index (χ2v) is 31.5.